The van der Waals surface area contributed by atoms with Gasteiger partial charge in [-0.05, 0) is 48.2 Å². The summed E-state index contributed by atoms with van der Waals surface area (Å²) in [5.74, 6) is -0.675. The van der Waals surface area contributed by atoms with Gasteiger partial charge in [0.25, 0.3) is 5.91 Å². The molecule has 0 spiro atoms. The van der Waals surface area contributed by atoms with Crippen LogP contribution in [0.15, 0.2) is 48.5 Å². The lowest BCUT2D eigenvalue weighted by molar-refractivity contribution is -0.154. The maximum absolute atomic E-state index is 12.8. The second-order valence-corrected chi connectivity index (χ2v) is 7.65. The van der Waals surface area contributed by atoms with Gasteiger partial charge in [-0.1, -0.05) is 60.3 Å². The van der Waals surface area contributed by atoms with Crippen LogP contribution in [0.1, 0.15) is 36.8 Å². The molecule has 0 unspecified atom stereocenters. The van der Waals surface area contributed by atoms with E-state index in [4.69, 9.17) is 27.9 Å². The number of esters is 1. The van der Waals surface area contributed by atoms with E-state index in [2.05, 4.69) is 5.32 Å². The molecule has 0 aromatic heterocycles. The number of nitrogens with one attached hydrogen (secondary N) is 1. The van der Waals surface area contributed by atoms with Crippen molar-refractivity contribution in [3.05, 3.63) is 69.7 Å². The topological polar surface area (TPSA) is 55.4 Å². The van der Waals surface area contributed by atoms with Gasteiger partial charge in [0.2, 0.25) is 0 Å². The second-order valence-electron chi connectivity index (χ2n) is 6.78. The van der Waals surface area contributed by atoms with Gasteiger partial charge in [0.05, 0.1) is 5.41 Å². The van der Waals surface area contributed by atoms with E-state index in [1.54, 1.807) is 24.3 Å². The van der Waals surface area contributed by atoms with Crippen LogP contribution in [-0.4, -0.2) is 18.5 Å². The van der Waals surface area contributed by atoms with Crippen molar-refractivity contribution in [3.63, 3.8) is 0 Å². The van der Waals surface area contributed by atoms with Crippen molar-refractivity contribution in [2.75, 3.05) is 6.61 Å². The molecule has 0 atom stereocenters. The molecule has 0 heterocycles. The molecule has 2 aromatic carbocycles. The normalized spacial score (nSPS) is 15.3. The molecule has 2 aromatic rings. The number of hydrogen-bond acceptors (Lipinski definition) is 3. The summed E-state index contributed by atoms with van der Waals surface area (Å²) in [7, 11) is 0. The van der Waals surface area contributed by atoms with Gasteiger partial charge in [-0.25, -0.2) is 0 Å². The molecule has 1 amide bonds. The van der Waals surface area contributed by atoms with E-state index < -0.39 is 5.41 Å². The first-order valence-corrected chi connectivity index (χ1v) is 9.70. The molecule has 3 rings (SSSR count). The zero-order valence-corrected chi connectivity index (χ0v) is 16.4. The predicted octanol–water partition coefficient (Wildman–Crippen LogP) is 4.66. The molecule has 27 heavy (non-hydrogen) atoms. The van der Waals surface area contributed by atoms with E-state index in [9.17, 15) is 9.59 Å². The molecule has 6 heteroatoms. The summed E-state index contributed by atoms with van der Waals surface area (Å²) in [6, 6.07) is 14.5. The fraction of sp³-hybridized carbons (Fsp3) is 0.333. The standard InChI is InChI=1S/C21H21Cl2NO3/c22-17-7-3-15(4-8-17)13-24-19(25)14-27-20(26)21(11-1-2-12-21)16-5-9-18(23)10-6-16/h3-10H,1-2,11-14H2,(H,24,25). The minimum atomic E-state index is -0.680. The molecule has 1 N–H and O–H groups in total. The van der Waals surface area contributed by atoms with Gasteiger partial charge in [-0.3, -0.25) is 9.59 Å². The summed E-state index contributed by atoms with van der Waals surface area (Å²) in [5, 5.41) is 4.02. The summed E-state index contributed by atoms with van der Waals surface area (Å²) in [6.45, 7) is 0.0671. The highest BCUT2D eigenvalue weighted by Gasteiger charge is 2.44. The van der Waals surface area contributed by atoms with Crippen LogP contribution in [0.5, 0.6) is 0 Å². The average Bonchev–Trinajstić information content (AvgIpc) is 3.17. The van der Waals surface area contributed by atoms with Crippen molar-refractivity contribution in [3.8, 4) is 0 Å². The quantitative estimate of drug-likeness (QED) is 0.710. The van der Waals surface area contributed by atoms with Crippen molar-refractivity contribution in [2.24, 2.45) is 0 Å². The molecule has 0 radical (unpaired) electrons. The highest BCUT2D eigenvalue weighted by Crippen LogP contribution is 2.42. The minimum Gasteiger partial charge on any atom is -0.455 e. The fourth-order valence-electron chi connectivity index (χ4n) is 3.48. The zero-order valence-electron chi connectivity index (χ0n) is 14.8. The Kier molecular flexibility index (Phi) is 6.40. The van der Waals surface area contributed by atoms with Gasteiger partial charge >= 0.3 is 5.97 Å². The van der Waals surface area contributed by atoms with E-state index in [0.29, 0.717) is 16.6 Å². The summed E-state index contributed by atoms with van der Waals surface area (Å²) in [5.41, 5.74) is 1.14. The Morgan fingerprint density at radius 2 is 1.48 bits per heavy atom. The Bertz CT molecular complexity index is 797. The van der Waals surface area contributed by atoms with Gasteiger partial charge in [-0.15, -0.1) is 0 Å². The Morgan fingerprint density at radius 1 is 0.926 bits per heavy atom. The van der Waals surface area contributed by atoms with E-state index >= 15 is 0 Å². The van der Waals surface area contributed by atoms with Crippen LogP contribution >= 0.6 is 23.2 Å². The van der Waals surface area contributed by atoms with E-state index in [1.807, 2.05) is 24.3 Å². The summed E-state index contributed by atoms with van der Waals surface area (Å²) >= 11 is 11.8. The summed E-state index contributed by atoms with van der Waals surface area (Å²) in [4.78, 5) is 24.9. The van der Waals surface area contributed by atoms with Crippen LogP contribution in [0.4, 0.5) is 0 Å². The molecule has 0 aliphatic heterocycles. The fourth-order valence-corrected chi connectivity index (χ4v) is 3.73. The number of carbonyl (C=O) groups is 2. The van der Waals surface area contributed by atoms with Crippen molar-refractivity contribution >= 4 is 35.1 Å². The van der Waals surface area contributed by atoms with Crippen LogP contribution in [0.25, 0.3) is 0 Å². The molecule has 0 bridgehead atoms. The lowest BCUT2D eigenvalue weighted by Crippen LogP contribution is -2.37. The first-order valence-electron chi connectivity index (χ1n) is 8.94. The average molecular weight is 406 g/mol. The number of amides is 1. The van der Waals surface area contributed by atoms with Crippen LogP contribution in [0, 0.1) is 0 Å². The van der Waals surface area contributed by atoms with Crippen molar-refractivity contribution < 1.29 is 14.3 Å². The lowest BCUT2D eigenvalue weighted by atomic mass is 9.79. The minimum absolute atomic E-state index is 0.290. The zero-order chi connectivity index (χ0) is 19.3. The van der Waals surface area contributed by atoms with Crippen molar-refractivity contribution in [2.45, 2.75) is 37.6 Å². The molecule has 4 nitrogen and oxygen atoms in total. The SMILES string of the molecule is O=C(COC(=O)C1(c2ccc(Cl)cc2)CCCC1)NCc1ccc(Cl)cc1. The van der Waals surface area contributed by atoms with Crippen LogP contribution in [-0.2, 0) is 26.3 Å². The Hall–Kier alpha value is -2.04. The van der Waals surface area contributed by atoms with Crippen LogP contribution in [0.2, 0.25) is 10.0 Å². The van der Waals surface area contributed by atoms with Crippen LogP contribution < -0.4 is 5.32 Å². The number of halogens is 2. The predicted molar refractivity (Wildman–Crippen MR) is 106 cm³/mol. The van der Waals surface area contributed by atoms with Crippen molar-refractivity contribution in [1.29, 1.82) is 0 Å². The first kappa shape index (κ1) is 19.7. The van der Waals surface area contributed by atoms with Gasteiger partial charge in [0.1, 0.15) is 0 Å². The number of ether oxygens (including phenoxy) is 1. The third-order valence-electron chi connectivity index (χ3n) is 4.98. The Labute approximate surface area is 168 Å². The number of carbonyl (C=O) groups excluding carboxylic acids is 2. The summed E-state index contributed by atoms with van der Waals surface area (Å²) < 4.78 is 5.38. The Morgan fingerprint density at radius 3 is 2.07 bits per heavy atom. The summed E-state index contributed by atoms with van der Waals surface area (Å²) in [6.07, 6.45) is 3.36. The highest BCUT2D eigenvalue weighted by atomic mass is 35.5. The third kappa shape index (κ3) is 4.82. The molecule has 1 saturated carbocycles. The lowest BCUT2D eigenvalue weighted by Gasteiger charge is -2.27. The highest BCUT2D eigenvalue weighted by molar-refractivity contribution is 6.30. The maximum Gasteiger partial charge on any atom is 0.317 e. The first-order chi connectivity index (χ1) is 13.0. The number of benzene rings is 2. The van der Waals surface area contributed by atoms with Crippen LogP contribution in [0.3, 0.4) is 0 Å². The van der Waals surface area contributed by atoms with E-state index in [1.165, 1.54) is 0 Å². The molecule has 1 aliphatic rings. The molecule has 0 saturated heterocycles. The molecular formula is C21H21Cl2NO3. The molecular weight excluding hydrogens is 385 g/mol. The second kappa shape index (κ2) is 8.77. The number of rotatable bonds is 6. The van der Waals surface area contributed by atoms with Gasteiger partial charge in [-0.2, -0.15) is 0 Å². The molecule has 1 aliphatic carbocycles. The molecule has 142 valence electrons. The van der Waals surface area contributed by atoms with E-state index in [-0.39, 0.29) is 18.5 Å². The number of hydrogen-bond donors (Lipinski definition) is 1. The van der Waals surface area contributed by atoms with Gasteiger partial charge < -0.3 is 10.1 Å². The van der Waals surface area contributed by atoms with Gasteiger partial charge in [0, 0.05) is 16.6 Å². The maximum atomic E-state index is 12.8. The smallest absolute Gasteiger partial charge is 0.317 e. The van der Waals surface area contributed by atoms with Gasteiger partial charge in [0.15, 0.2) is 6.61 Å². The van der Waals surface area contributed by atoms with Crippen molar-refractivity contribution in [1.82, 2.24) is 5.32 Å². The monoisotopic (exact) mass is 405 g/mol. The van der Waals surface area contributed by atoms with E-state index in [0.717, 1.165) is 36.8 Å². The molecule has 1 fully saturated rings. The Balaban J connectivity index is 1.57. The largest absolute Gasteiger partial charge is 0.455 e. The third-order valence-corrected chi connectivity index (χ3v) is 5.49.